The average molecular weight is 192 g/mol. The molecule has 5 nitrogen and oxygen atoms in total. The molecule has 0 aliphatic heterocycles. The van der Waals surface area contributed by atoms with Crippen LogP contribution in [0.4, 0.5) is 0 Å². The van der Waals surface area contributed by atoms with Crippen LogP contribution in [0.15, 0.2) is 0 Å². The van der Waals surface area contributed by atoms with Gasteiger partial charge in [-0.3, -0.25) is 9.80 Å². The van der Waals surface area contributed by atoms with Gasteiger partial charge in [-0.15, -0.1) is 0 Å². The zero-order valence-electron chi connectivity index (χ0n) is 8.82. The third-order valence-electron chi connectivity index (χ3n) is 1.96. The normalized spacial score (nSPS) is 12.9. The predicted molar refractivity (Wildman–Crippen MR) is 50.2 cm³/mol. The number of hydrogen-bond donors (Lipinski definition) is 2. The summed E-state index contributed by atoms with van der Waals surface area (Å²) in [6, 6.07) is 0. The van der Waals surface area contributed by atoms with E-state index in [9.17, 15) is 5.11 Å². The summed E-state index contributed by atoms with van der Waals surface area (Å²) < 4.78 is 5.09. The van der Waals surface area contributed by atoms with Gasteiger partial charge in [-0.2, -0.15) is 0 Å². The van der Waals surface area contributed by atoms with Crippen LogP contribution in [0.1, 0.15) is 0 Å². The lowest BCUT2D eigenvalue weighted by Gasteiger charge is -2.39. The van der Waals surface area contributed by atoms with E-state index in [4.69, 9.17) is 9.84 Å². The highest BCUT2D eigenvalue weighted by Gasteiger charge is 2.32. The van der Waals surface area contributed by atoms with Gasteiger partial charge >= 0.3 is 0 Å². The van der Waals surface area contributed by atoms with Crippen molar-refractivity contribution in [3.63, 3.8) is 0 Å². The fourth-order valence-electron chi connectivity index (χ4n) is 0.932. The van der Waals surface area contributed by atoms with Crippen molar-refractivity contribution < 1.29 is 14.9 Å². The van der Waals surface area contributed by atoms with Gasteiger partial charge in [-0.1, -0.05) is 0 Å². The summed E-state index contributed by atoms with van der Waals surface area (Å²) in [5, 5.41) is 18.5. The lowest BCUT2D eigenvalue weighted by molar-refractivity contribution is -0.215. The van der Waals surface area contributed by atoms with Crippen LogP contribution in [0, 0.1) is 0 Å². The smallest absolute Gasteiger partial charge is 0.200 e. The van der Waals surface area contributed by atoms with Crippen LogP contribution in [0.2, 0.25) is 0 Å². The maximum absolute atomic E-state index is 10.0. The molecule has 0 spiro atoms. The molecule has 0 aromatic carbocycles. The van der Waals surface area contributed by atoms with Crippen molar-refractivity contribution in [3.05, 3.63) is 0 Å². The Morgan fingerprint density at radius 2 is 1.62 bits per heavy atom. The minimum absolute atomic E-state index is 0.0308. The Balaban J connectivity index is 4.09. The molecule has 0 atom stereocenters. The predicted octanol–water partition coefficient (Wildman–Crippen LogP) is -1.24. The molecular weight excluding hydrogens is 172 g/mol. The fourth-order valence-corrected chi connectivity index (χ4v) is 0.932. The first-order chi connectivity index (χ1) is 5.95. The van der Waals surface area contributed by atoms with Crippen LogP contribution in [0.25, 0.3) is 0 Å². The van der Waals surface area contributed by atoms with E-state index in [1.165, 1.54) is 0 Å². The molecule has 0 aromatic heterocycles. The van der Waals surface area contributed by atoms with Crippen LogP contribution in [-0.4, -0.2) is 73.9 Å². The van der Waals surface area contributed by atoms with Crippen LogP contribution >= 0.6 is 0 Å². The second-order valence-corrected chi connectivity index (χ2v) is 3.34. The van der Waals surface area contributed by atoms with Gasteiger partial charge in [0.2, 0.25) is 0 Å². The number of rotatable bonds is 6. The molecule has 0 fully saturated rings. The summed E-state index contributed by atoms with van der Waals surface area (Å²) in [5.74, 6) is -1.12. The molecule has 0 aliphatic carbocycles. The zero-order chi connectivity index (χ0) is 10.5. The summed E-state index contributed by atoms with van der Waals surface area (Å²) in [4.78, 5) is 3.31. The van der Waals surface area contributed by atoms with Gasteiger partial charge in [-0.25, -0.2) is 0 Å². The Morgan fingerprint density at radius 1 is 1.15 bits per heavy atom. The minimum Gasteiger partial charge on any atom is -0.394 e. The van der Waals surface area contributed by atoms with E-state index >= 15 is 0 Å². The molecule has 0 rings (SSSR count). The van der Waals surface area contributed by atoms with Crippen molar-refractivity contribution in [1.29, 1.82) is 0 Å². The molecule has 0 unspecified atom stereocenters. The van der Waals surface area contributed by atoms with E-state index < -0.39 is 5.85 Å². The van der Waals surface area contributed by atoms with Crippen molar-refractivity contribution in [2.24, 2.45) is 0 Å². The van der Waals surface area contributed by atoms with Gasteiger partial charge in [0.15, 0.2) is 5.85 Å². The Morgan fingerprint density at radius 3 is 1.92 bits per heavy atom. The van der Waals surface area contributed by atoms with Gasteiger partial charge in [0, 0.05) is 0 Å². The maximum Gasteiger partial charge on any atom is 0.200 e. The Kier molecular flexibility index (Phi) is 5.43. The number of hydrogen-bond acceptors (Lipinski definition) is 5. The standard InChI is InChI=1S/C8H20N2O3/c1-9(2)8(12,10(3)4)7-13-6-5-11/h11-12H,5-7H2,1-4H3. The van der Waals surface area contributed by atoms with Gasteiger partial charge in [-0.05, 0) is 28.2 Å². The molecule has 0 radical (unpaired) electrons. The van der Waals surface area contributed by atoms with Crippen LogP contribution < -0.4 is 0 Å². The Hall–Kier alpha value is -0.200. The number of aliphatic hydroxyl groups excluding tert-OH is 1. The first kappa shape index (κ1) is 12.8. The SMILES string of the molecule is CN(C)C(O)(COCCO)N(C)C. The van der Waals surface area contributed by atoms with Gasteiger partial charge in [0.05, 0.1) is 13.2 Å². The summed E-state index contributed by atoms with van der Waals surface area (Å²) in [6.07, 6.45) is 0. The van der Waals surface area contributed by atoms with Crippen molar-refractivity contribution >= 4 is 0 Å². The first-order valence-electron chi connectivity index (χ1n) is 4.21. The molecular formula is C8H20N2O3. The largest absolute Gasteiger partial charge is 0.394 e. The quantitative estimate of drug-likeness (QED) is 0.407. The van der Waals surface area contributed by atoms with E-state index in [1.54, 1.807) is 38.0 Å². The maximum atomic E-state index is 10.0. The first-order valence-corrected chi connectivity index (χ1v) is 4.21. The molecule has 2 N–H and O–H groups in total. The molecule has 80 valence electrons. The second-order valence-electron chi connectivity index (χ2n) is 3.34. The van der Waals surface area contributed by atoms with Gasteiger partial charge in [0.1, 0.15) is 6.61 Å². The van der Waals surface area contributed by atoms with Crippen molar-refractivity contribution in [1.82, 2.24) is 9.80 Å². The second kappa shape index (κ2) is 5.51. The third-order valence-corrected chi connectivity index (χ3v) is 1.96. The summed E-state index contributed by atoms with van der Waals surface area (Å²) in [6.45, 7) is 0.356. The number of aliphatic hydroxyl groups is 2. The topological polar surface area (TPSA) is 56.2 Å². The highest BCUT2D eigenvalue weighted by molar-refractivity contribution is 4.71. The lowest BCUT2D eigenvalue weighted by atomic mass is 10.3. The van der Waals surface area contributed by atoms with Crippen LogP contribution in [-0.2, 0) is 4.74 Å². The van der Waals surface area contributed by atoms with E-state index in [0.717, 1.165) is 0 Å². The highest BCUT2D eigenvalue weighted by Crippen LogP contribution is 2.11. The monoisotopic (exact) mass is 192 g/mol. The van der Waals surface area contributed by atoms with E-state index in [1.807, 2.05) is 0 Å². The third kappa shape index (κ3) is 3.58. The lowest BCUT2D eigenvalue weighted by Crippen LogP contribution is -2.58. The van der Waals surface area contributed by atoms with Crippen LogP contribution in [0.5, 0.6) is 0 Å². The van der Waals surface area contributed by atoms with Crippen molar-refractivity contribution in [3.8, 4) is 0 Å². The highest BCUT2D eigenvalue weighted by atomic mass is 16.5. The molecule has 5 heteroatoms. The number of likely N-dealkylation sites (N-methyl/N-ethyl adjacent to an activating group) is 2. The van der Waals surface area contributed by atoms with E-state index in [0.29, 0.717) is 0 Å². The Labute approximate surface area is 79.5 Å². The molecule has 0 bridgehead atoms. The molecule has 13 heavy (non-hydrogen) atoms. The average Bonchev–Trinajstić information content (AvgIpc) is 2.03. The molecule has 0 aromatic rings. The summed E-state index contributed by atoms with van der Waals surface area (Å²) in [7, 11) is 7.06. The molecule has 0 saturated heterocycles. The van der Waals surface area contributed by atoms with Crippen molar-refractivity contribution in [2.75, 3.05) is 48.0 Å². The van der Waals surface area contributed by atoms with Crippen molar-refractivity contribution in [2.45, 2.75) is 5.85 Å². The Bertz CT molecular complexity index is 131. The molecule has 0 saturated carbocycles. The van der Waals surface area contributed by atoms with E-state index in [2.05, 4.69) is 0 Å². The summed E-state index contributed by atoms with van der Waals surface area (Å²) in [5.41, 5.74) is 0. The summed E-state index contributed by atoms with van der Waals surface area (Å²) >= 11 is 0. The van der Waals surface area contributed by atoms with E-state index in [-0.39, 0.29) is 19.8 Å². The van der Waals surface area contributed by atoms with Gasteiger partial charge < -0.3 is 14.9 Å². The number of ether oxygens (including phenoxy) is 1. The molecule has 0 amide bonds. The fraction of sp³-hybridized carbons (Fsp3) is 1.00. The zero-order valence-corrected chi connectivity index (χ0v) is 8.82. The molecule has 0 aliphatic rings. The molecule has 0 heterocycles. The van der Waals surface area contributed by atoms with Crippen LogP contribution in [0.3, 0.4) is 0 Å². The number of nitrogens with zero attached hydrogens (tertiary/aromatic N) is 2. The minimum atomic E-state index is -1.12. The van der Waals surface area contributed by atoms with Gasteiger partial charge in [0.25, 0.3) is 0 Å².